The Balaban J connectivity index is 3.53. The van der Waals surface area contributed by atoms with E-state index in [1.54, 1.807) is 0 Å². The number of ether oxygens (including phenoxy) is 1. The van der Waals surface area contributed by atoms with Crippen LogP contribution in [-0.4, -0.2) is 70.7 Å². The van der Waals surface area contributed by atoms with Crippen molar-refractivity contribution in [3.05, 3.63) is 34.4 Å². The van der Waals surface area contributed by atoms with Crippen LogP contribution in [0, 0.1) is 22.5 Å². The Hall–Kier alpha value is -2.34. The number of aliphatic hydroxyl groups excluding tert-OH is 1. The maximum Gasteiger partial charge on any atom is 0.325 e. The monoisotopic (exact) mass is 529 g/mol. The third-order valence-electron chi connectivity index (χ3n) is 6.21. The zero-order valence-corrected chi connectivity index (χ0v) is 22.9. The number of carbonyl (C=O) groups is 1. The predicted molar refractivity (Wildman–Crippen MR) is 134 cm³/mol. The molecule has 0 saturated heterocycles. The second-order valence-corrected chi connectivity index (χ2v) is 16.2. The van der Waals surface area contributed by atoms with E-state index in [1.165, 1.54) is 19.1 Å². The van der Waals surface area contributed by atoms with E-state index >= 15 is 0 Å². The minimum Gasteiger partial charge on any atom is -0.468 e. The Kier molecular flexibility index (Phi) is 10.2. The SMILES string of the molecule is C#C[C@@](C)(N[C@H](CO)C(=O)OC)[C@@H](CO[Si](C)(C)C(C)(C)C)NS(=O)(=O)c1ccccc1[N+](=O)[O-]. The fraction of sp³-hybridized carbons (Fsp3) is 0.591. The summed E-state index contributed by atoms with van der Waals surface area (Å²) in [4.78, 5) is 22.2. The third-order valence-corrected chi connectivity index (χ3v) is 12.2. The molecular formula is C22H35N3O8SSi. The lowest BCUT2D eigenvalue weighted by Crippen LogP contribution is -2.65. The molecule has 0 aliphatic carbocycles. The summed E-state index contributed by atoms with van der Waals surface area (Å²) in [5, 5.41) is 23.7. The van der Waals surface area contributed by atoms with Crippen molar-refractivity contribution in [2.45, 2.75) is 68.3 Å². The summed E-state index contributed by atoms with van der Waals surface area (Å²) in [6.45, 7) is 10.5. The van der Waals surface area contributed by atoms with Crippen LogP contribution in [0.3, 0.4) is 0 Å². The molecule has 0 amide bonds. The average Bonchev–Trinajstić information content (AvgIpc) is 2.78. The number of rotatable bonds is 12. The van der Waals surface area contributed by atoms with Gasteiger partial charge in [0.1, 0.15) is 6.04 Å². The molecule has 3 atom stereocenters. The van der Waals surface area contributed by atoms with Crippen molar-refractivity contribution in [3.8, 4) is 12.3 Å². The van der Waals surface area contributed by atoms with Crippen LogP contribution in [0.2, 0.25) is 18.1 Å². The highest BCUT2D eigenvalue weighted by atomic mass is 32.2. The quantitative estimate of drug-likeness (QED) is 0.121. The number of nitro benzene ring substituents is 1. The van der Waals surface area contributed by atoms with Gasteiger partial charge in [0.2, 0.25) is 10.0 Å². The molecule has 0 saturated carbocycles. The van der Waals surface area contributed by atoms with Crippen LogP contribution in [0.4, 0.5) is 5.69 Å². The summed E-state index contributed by atoms with van der Waals surface area (Å²) < 4.78 is 39.9. The number of sulfonamides is 1. The topological polar surface area (TPSA) is 157 Å². The molecule has 1 aromatic carbocycles. The van der Waals surface area contributed by atoms with Crippen LogP contribution < -0.4 is 10.0 Å². The highest BCUT2D eigenvalue weighted by Crippen LogP contribution is 2.37. The van der Waals surface area contributed by atoms with Crippen molar-refractivity contribution in [1.82, 2.24) is 10.0 Å². The minimum atomic E-state index is -4.47. The van der Waals surface area contributed by atoms with E-state index in [1.807, 2.05) is 33.9 Å². The Bertz CT molecular complexity index is 1070. The number of esters is 1. The molecule has 196 valence electrons. The lowest BCUT2D eigenvalue weighted by molar-refractivity contribution is -0.387. The first-order chi connectivity index (χ1) is 16.0. The summed E-state index contributed by atoms with van der Waals surface area (Å²) in [5.74, 6) is 1.65. The molecule has 0 spiro atoms. The standard InChI is InChI=1S/C22H35N3O8SSi/c1-9-22(5,23-16(14-26)20(27)32-6)19(15-33-35(7,8)21(2,3)4)24-34(30,31)18-13-11-10-12-17(18)25(28)29/h1,10-13,16,19,23-24,26H,14-15H2,2-8H3/t16-,19-,22-/m1/s1. The molecule has 0 bridgehead atoms. The summed E-state index contributed by atoms with van der Waals surface area (Å²) in [6.07, 6.45) is 5.78. The predicted octanol–water partition coefficient (Wildman–Crippen LogP) is 1.78. The van der Waals surface area contributed by atoms with Gasteiger partial charge in [-0.1, -0.05) is 38.8 Å². The smallest absolute Gasteiger partial charge is 0.325 e. The van der Waals surface area contributed by atoms with Gasteiger partial charge < -0.3 is 14.3 Å². The molecule has 1 rings (SSSR count). The number of terminal acetylenes is 1. The van der Waals surface area contributed by atoms with Gasteiger partial charge in [-0.15, -0.1) is 6.42 Å². The number of methoxy groups -OCH3 is 1. The summed E-state index contributed by atoms with van der Waals surface area (Å²) in [7, 11) is -5.74. The molecular weight excluding hydrogens is 494 g/mol. The van der Waals surface area contributed by atoms with E-state index in [0.29, 0.717) is 0 Å². The fourth-order valence-electron chi connectivity index (χ4n) is 2.84. The summed E-state index contributed by atoms with van der Waals surface area (Å²) in [6, 6.07) is 2.45. The van der Waals surface area contributed by atoms with Gasteiger partial charge >= 0.3 is 5.97 Å². The maximum atomic E-state index is 13.3. The van der Waals surface area contributed by atoms with Gasteiger partial charge in [0.05, 0.1) is 36.8 Å². The van der Waals surface area contributed by atoms with E-state index < -0.39 is 64.0 Å². The van der Waals surface area contributed by atoms with Crippen molar-refractivity contribution in [2.24, 2.45) is 0 Å². The number of carbonyl (C=O) groups excluding carboxylic acids is 1. The van der Waals surface area contributed by atoms with Crippen molar-refractivity contribution >= 4 is 30.0 Å². The number of nitro groups is 1. The maximum absolute atomic E-state index is 13.3. The highest BCUT2D eigenvalue weighted by molar-refractivity contribution is 7.89. The van der Waals surface area contributed by atoms with Crippen molar-refractivity contribution in [2.75, 3.05) is 20.3 Å². The molecule has 1 aromatic rings. The minimum absolute atomic E-state index is 0.205. The molecule has 0 heterocycles. The van der Waals surface area contributed by atoms with Crippen LogP contribution in [0.25, 0.3) is 0 Å². The second kappa shape index (κ2) is 11.6. The molecule has 0 aromatic heterocycles. The molecule has 0 aliphatic heterocycles. The molecule has 3 N–H and O–H groups in total. The first-order valence-corrected chi connectivity index (χ1v) is 15.2. The molecule has 0 fully saturated rings. The van der Waals surface area contributed by atoms with Gasteiger partial charge in [-0.3, -0.25) is 20.2 Å². The van der Waals surface area contributed by atoms with Gasteiger partial charge in [-0.05, 0) is 31.1 Å². The van der Waals surface area contributed by atoms with E-state index in [2.05, 4.69) is 20.7 Å². The highest BCUT2D eigenvalue weighted by Gasteiger charge is 2.43. The largest absolute Gasteiger partial charge is 0.468 e. The summed E-state index contributed by atoms with van der Waals surface area (Å²) in [5.41, 5.74) is -2.18. The van der Waals surface area contributed by atoms with E-state index in [9.17, 15) is 28.4 Å². The van der Waals surface area contributed by atoms with Gasteiger partial charge in [0, 0.05) is 6.07 Å². The van der Waals surface area contributed by atoms with Crippen LogP contribution in [0.15, 0.2) is 29.2 Å². The molecule has 0 aliphatic rings. The lowest BCUT2D eigenvalue weighted by atomic mass is 9.93. The number of aliphatic hydroxyl groups is 1. The lowest BCUT2D eigenvalue weighted by Gasteiger charge is -2.41. The van der Waals surface area contributed by atoms with Crippen LogP contribution in [0.1, 0.15) is 27.7 Å². The first-order valence-electron chi connectivity index (χ1n) is 10.8. The van der Waals surface area contributed by atoms with Gasteiger partial charge in [-0.25, -0.2) is 13.1 Å². The van der Waals surface area contributed by atoms with Crippen molar-refractivity contribution in [1.29, 1.82) is 0 Å². The Morgan fingerprint density at radius 1 is 1.29 bits per heavy atom. The zero-order valence-electron chi connectivity index (χ0n) is 21.1. The van der Waals surface area contributed by atoms with Crippen LogP contribution >= 0.6 is 0 Å². The number of nitrogens with one attached hydrogen (secondary N) is 2. The summed E-state index contributed by atoms with van der Waals surface area (Å²) >= 11 is 0. The number of para-hydroxylation sites is 1. The average molecular weight is 530 g/mol. The molecule has 11 nitrogen and oxygen atoms in total. The number of hydrogen-bond donors (Lipinski definition) is 3. The Labute approximate surface area is 207 Å². The number of hydrogen-bond acceptors (Lipinski definition) is 9. The Morgan fingerprint density at radius 2 is 1.86 bits per heavy atom. The molecule has 35 heavy (non-hydrogen) atoms. The Morgan fingerprint density at radius 3 is 2.31 bits per heavy atom. The molecule has 0 radical (unpaired) electrons. The normalized spacial score (nSPS) is 16.0. The van der Waals surface area contributed by atoms with E-state index in [4.69, 9.17) is 10.8 Å². The molecule has 13 heteroatoms. The van der Waals surface area contributed by atoms with Gasteiger partial charge in [0.15, 0.2) is 13.2 Å². The van der Waals surface area contributed by atoms with Gasteiger partial charge in [0.25, 0.3) is 5.69 Å². The van der Waals surface area contributed by atoms with Gasteiger partial charge in [-0.2, -0.15) is 0 Å². The number of nitrogens with zero attached hydrogens (tertiary/aromatic N) is 1. The van der Waals surface area contributed by atoms with Crippen LogP contribution in [0.5, 0.6) is 0 Å². The van der Waals surface area contributed by atoms with Crippen molar-refractivity contribution < 1.29 is 32.4 Å². The van der Waals surface area contributed by atoms with Crippen molar-refractivity contribution in [3.63, 3.8) is 0 Å². The van der Waals surface area contributed by atoms with Crippen LogP contribution in [-0.2, 0) is 24.0 Å². The zero-order chi connectivity index (χ0) is 27.2. The number of benzene rings is 1. The first kappa shape index (κ1) is 30.7. The third kappa shape index (κ3) is 7.57. The van der Waals surface area contributed by atoms with E-state index in [0.717, 1.165) is 19.2 Å². The fourth-order valence-corrected chi connectivity index (χ4v) is 5.34. The second-order valence-electron chi connectivity index (χ2n) is 9.72. The van der Waals surface area contributed by atoms with E-state index in [-0.39, 0.29) is 11.6 Å². The molecule has 0 unspecified atom stereocenters.